The molecule has 1 aliphatic heterocycles. The maximum absolute atomic E-state index is 13.0. The standard InChI is InChI=1S/C23H28Cl3N3O3/c1-23(24,10-9-16-7-8-20(30)21(13-16)32-3)28-14-17-5-4-6-18(19(17)15-28)22(31)27(2)11-12-29(25)26/h4-8,13,30H,9-12,14-15H2,1-3H3. The molecule has 9 heteroatoms. The lowest BCUT2D eigenvalue weighted by atomic mass is 10.0. The zero-order valence-corrected chi connectivity index (χ0v) is 20.7. The van der Waals surface area contributed by atoms with Gasteiger partial charge in [0, 0.05) is 38.8 Å². The third kappa shape index (κ3) is 5.80. The summed E-state index contributed by atoms with van der Waals surface area (Å²) in [7, 11) is 3.27. The molecule has 0 aliphatic carbocycles. The van der Waals surface area contributed by atoms with Gasteiger partial charge in [-0.1, -0.05) is 18.2 Å². The van der Waals surface area contributed by atoms with Gasteiger partial charge < -0.3 is 14.7 Å². The first kappa shape index (κ1) is 24.9. The summed E-state index contributed by atoms with van der Waals surface area (Å²) < 4.78 is 6.22. The summed E-state index contributed by atoms with van der Waals surface area (Å²) in [5.41, 5.74) is 3.84. The number of phenols is 1. The number of hydrogen-bond donors (Lipinski definition) is 1. The number of phenolic OH excluding ortho intramolecular Hbond substituents is 1. The molecule has 1 N–H and O–H groups in total. The highest BCUT2D eigenvalue weighted by molar-refractivity contribution is 6.33. The van der Waals surface area contributed by atoms with E-state index in [-0.39, 0.29) is 11.7 Å². The highest BCUT2D eigenvalue weighted by atomic mass is 35.5. The van der Waals surface area contributed by atoms with Gasteiger partial charge in [-0.05, 0) is 78.2 Å². The minimum Gasteiger partial charge on any atom is -0.504 e. The Morgan fingerprint density at radius 2 is 1.97 bits per heavy atom. The number of halogens is 3. The number of benzene rings is 2. The SMILES string of the molecule is COc1cc(CCC(C)(Cl)N2Cc3cccc(C(=O)N(C)CCN(Cl)Cl)c3C2)ccc1O. The number of aryl methyl sites for hydroxylation is 1. The molecule has 0 aromatic heterocycles. The number of hydrogen-bond acceptors (Lipinski definition) is 5. The first-order chi connectivity index (χ1) is 15.1. The predicted octanol–water partition coefficient (Wildman–Crippen LogP) is 4.99. The molecule has 6 nitrogen and oxygen atoms in total. The fourth-order valence-corrected chi connectivity index (χ4v) is 4.26. The van der Waals surface area contributed by atoms with Gasteiger partial charge in [-0.2, -0.15) is 0 Å². The van der Waals surface area contributed by atoms with E-state index < -0.39 is 5.00 Å². The molecule has 0 fully saturated rings. The van der Waals surface area contributed by atoms with Crippen LogP contribution in [0.2, 0.25) is 0 Å². The number of carbonyl (C=O) groups excluding carboxylic acids is 1. The second-order valence-electron chi connectivity index (χ2n) is 8.20. The van der Waals surface area contributed by atoms with Gasteiger partial charge in [0.25, 0.3) is 5.91 Å². The van der Waals surface area contributed by atoms with Crippen LogP contribution in [0.5, 0.6) is 11.5 Å². The molecule has 174 valence electrons. The van der Waals surface area contributed by atoms with Crippen molar-refractivity contribution in [1.82, 2.24) is 13.7 Å². The number of fused-ring (bicyclic) bond motifs is 1. The van der Waals surface area contributed by atoms with Gasteiger partial charge in [-0.25, -0.2) is 0 Å². The van der Waals surface area contributed by atoms with Crippen molar-refractivity contribution in [3.63, 3.8) is 0 Å². The fraction of sp³-hybridized carbons (Fsp3) is 0.435. The highest BCUT2D eigenvalue weighted by Gasteiger charge is 2.35. The molecule has 1 aliphatic rings. The van der Waals surface area contributed by atoms with Crippen molar-refractivity contribution in [3.05, 3.63) is 58.7 Å². The van der Waals surface area contributed by atoms with Crippen molar-refractivity contribution in [3.8, 4) is 11.5 Å². The molecule has 1 heterocycles. The minimum absolute atomic E-state index is 0.0636. The maximum Gasteiger partial charge on any atom is 0.253 e. The molecule has 3 rings (SSSR count). The molecule has 0 spiro atoms. The predicted molar refractivity (Wildman–Crippen MR) is 128 cm³/mol. The molecule has 2 aromatic carbocycles. The number of carbonyl (C=O) groups is 1. The van der Waals surface area contributed by atoms with E-state index in [0.29, 0.717) is 43.9 Å². The van der Waals surface area contributed by atoms with Gasteiger partial charge in [0.15, 0.2) is 11.5 Å². The van der Waals surface area contributed by atoms with Crippen molar-refractivity contribution >= 4 is 41.1 Å². The van der Waals surface area contributed by atoms with Crippen molar-refractivity contribution in [2.24, 2.45) is 0 Å². The van der Waals surface area contributed by atoms with E-state index in [0.717, 1.165) is 27.0 Å². The van der Waals surface area contributed by atoms with E-state index in [1.165, 1.54) is 7.11 Å². The number of amides is 1. The van der Waals surface area contributed by atoms with Gasteiger partial charge >= 0.3 is 0 Å². The van der Waals surface area contributed by atoms with E-state index in [2.05, 4.69) is 4.90 Å². The first-order valence-corrected chi connectivity index (χ1v) is 11.4. The zero-order chi connectivity index (χ0) is 23.5. The quantitative estimate of drug-likeness (QED) is 0.299. The van der Waals surface area contributed by atoms with Crippen molar-refractivity contribution < 1.29 is 14.6 Å². The van der Waals surface area contributed by atoms with E-state index in [1.807, 2.05) is 37.3 Å². The first-order valence-electron chi connectivity index (χ1n) is 10.4. The summed E-state index contributed by atoms with van der Waals surface area (Å²) in [4.78, 5) is 16.2. The van der Waals surface area contributed by atoms with E-state index >= 15 is 0 Å². The molecule has 2 aromatic rings. The van der Waals surface area contributed by atoms with Crippen LogP contribution in [0.25, 0.3) is 0 Å². The number of alkyl halides is 1. The normalized spacial score (nSPS) is 15.5. The number of methoxy groups -OCH3 is 1. The molecule has 0 radical (unpaired) electrons. The monoisotopic (exact) mass is 499 g/mol. The maximum atomic E-state index is 13.0. The molecular weight excluding hydrogens is 473 g/mol. The van der Waals surface area contributed by atoms with Crippen molar-refractivity contribution in [2.45, 2.75) is 37.9 Å². The van der Waals surface area contributed by atoms with Gasteiger partial charge in [0.2, 0.25) is 0 Å². The van der Waals surface area contributed by atoms with Crippen LogP contribution in [0.15, 0.2) is 36.4 Å². The number of aromatic hydroxyl groups is 1. The van der Waals surface area contributed by atoms with E-state index in [1.54, 1.807) is 18.0 Å². The van der Waals surface area contributed by atoms with Gasteiger partial charge in [0.05, 0.1) is 12.1 Å². The molecular formula is C23H28Cl3N3O3. The molecule has 0 saturated heterocycles. The fourth-order valence-electron chi connectivity index (χ4n) is 3.89. The van der Waals surface area contributed by atoms with Crippen molar-refractivity contribution in [1.29, 1.82) is 0 Å². The number of rotatable bonds is 9. The summed E-state index contributed by atoms with van der Waals surface area (Å²) in [5.74, 6) is 0.504. The zero-order valence-electron chi connectivity index (χ0n) is 18.4. The Morgan fingerprint density at radius 1 is 1.22 bits per heavy atom. The van der Waals surface area contributed by atoms with Crippen LogP contribution >= 0.6 is 35.2 Å². The van der Waals surface area contributed by atoms with E-state index in [9.17, 15) is 9.90 Å². The van der Waals surface area contributed by atoms with Crippen LogP contribution in [0.1, 0.15) is 40.4 Å². The summed E-state index contributed by atoms with van der Waals surface area (Å²) in [6.07, 6.45) is 1.42. The Labute approximate surface area is 204 Å². The summed E-state index contributed by atoms with van der Waals surface area (Å²) >= 11 is 18.3. The Balaban J connectivity index is 1.69. The van der Waals surface area contributed by atoms with E-state index in [4.69, 9.17) is 39.9 Å². The van der Waals surface area contributed by atoms with Crippen LogP contribution < -0.4 is 4.74 Å². The lowest BCUT2D eigenvalue weighted by Crippen LogP contribution is -2.38. The summed E-state index contributed by atoms with van der Waals surface area (Å²) in [6, 6.07) is 11.1. The molecule has 1 unspecified atom stereocenters. The minimum atomic E-state index is -0.603. The second kappa shape index (κ2) is 10.5. The van der Waals surface area contributed by atoms with Gasteiger partial charge in [-0.3, -0.25) is 9.69 Å². The molecule has 1 atom stereocenters. The molecule has 32 heavy (non-hydrogen) atoms. The number of likely N-dealkylation sites (N-methyl/N-ethyl adjacent to an activating group) is 1. The Morgan fingerprint density at radius 3 is 2.66 bits per heavy atom. The third-order valence-electron chi connectivity index (χ3n) is 5.94. The number of nitrogens with zero attached hydrogens (tertiary/aromatic N) is 3. The van der Waals surface area contributed by atoms with Crippen LogP contribution in [0.4, 0.5) is 0 Å². The average molecular weight is 501 g/mol. The van der Waals surface area contributed by atoms with Crippen molar-refractivity contribution in [2.75, 3.05) is 27.2 Å². The number of ether oxygens (including phenoxy) is 1. The van der Waals surface area contributed by atoms with Gasteiger partial charge in [0.1, 0.15) is 0 Å². The average Bonchev–Trinajstić information content (AvgIpc) is 3.22. The summed E-state index contributed by atoms with van der Waals surface area (Å²) in [5, 5.41) is 9.80. The topological polar surface area (TPSA) is 56.2 Å². The Bertz CT molecular complexity index is 969. The Kier molecular flexibility index (Phi) is 8.17. The highest BCUT2D eigenvalue weighted by Crippen LogP contribution is 2.37. The second-order valence-corrected chi connectivity index (χ2v) is 10.0. The molecule has 0 bridgehead atoms. The van der Waals surface area contributed by atoms with Gasteiger partial charge in [-0.15, -0.1) is 15.5 Å². The molecule has 0 saturated carbocycles. The molecule has 1 amide bonds. The van der Waals surface area contributed by atoms with Crippen LogP contribution in [0, 0.1) is 0 Å². The largest absolute Gasteiger partial charge is 0.504 e. The summed E-state index contributed by atoms with van der Waals surface area (Å²) in [6.45, 7) is 4.05. The Hall–Kier alpha value is -1.70. The lowest BCUT2D eigenvalue weighted by molar-refractivity contribution is 0.0791. The smallest absolute Gasteiger partial charge is 0.253 e. The van der Waals surface area contributed by atoms with Crippen LogP contribution in [-0.2, 0) is 19.5 Å². The van der Waals surface area contributed by atoms with Crippen LogP contribution in [-0.4, -0.2) is 57.0 Å². The third-order valence-corrected chi connectivity index (χ3v) is 6.70. The lowest BCUT2D eigenvalue weighted by Gasteiger charge is -2.33. The van der Waals surface area contributed by atoms with Crippen LogP contribution in [0.3, 0.4) is 0 Å².